The first-order valence-corrected chi connectivity index (χ1v) is 10.1. The third-order valence-corrected chi connectivity index (χ3v) is 4.55. The molecule has 7 nitrogen and oxygen atoms in total. The van der Waals surface area contributed by atoms with Crippen LogP contribution in [0.3, 0.4) is 0 Å². The van der Waals surface area contributed by atoms with Crippen LogP contribution in [0.25, 0.3) is 0 Å². The van der Waals surface area contributed by atoms with Crippen LogP contribution in [0.5, 0.6) is 0 Å². The largest absolute Gasteiger partial charge is 0.322 e. The first-order valence-electron chi connectivity index (χ1n) is 10.1. The summed E-state index contributed by atoms with van der Waals surface area (Å²) in [5.74, 6) is -1.92. The molecule has 0 aliphatic heterocycles. The first-order chi connectivity index (χ1) is 14.2. The zero-order chi connectivity index (χ0) is 23.6. The Morgan fingerprint density at radius 2 is 1.68 bits per heavy atom. The highest BCUT2D eigenvalue weighted by Crippen LogP contribution is 2.28. The summed E-state index contributed by atoms with van der Waals surface area (Å²) in [6, 6.07) is 4.30. The Hall–Kier alpha value is -2.97. The van der Waals surface area contributed by atoms with Crippen LogP contribution >= 0.6 is 0 Å². The van der Waals surface area contributed by atoms with Gasteiger partial charge in [0, 0.05) is 29.8 Å². The van der Waals surface area contributed by atoms with E-state index in [1.165, 1.54) is 11.0 Å². The highest BCUT2D eigenvalue weighted by Gasteiger charge is 2.26. The molecule has 0 fully saturated rings. The molecule has 0 saturated carbocycles. The number of anilines is 2. The van der Waals surface area contributed by atoms with Gasteiger partial charge in [0.15, 0.2) is 11.6 Å². The van der Waals surface area contributed by atoms with Crippen LogP contribution in [0.2, 0.25) is 0 Å². The van der Waals surface area contributed by atoms with Gasteiger partial charge in [0.25, 0.3) is 0 Å². The molecular weight excluding hydrogens is 404 g/mol. The van der Waals surface area contributed by atoms with Crippen LogP contribution in [-0.2, 0) is 15.7 Å². The zero-order valence-corrected chi connectivity index (χ0v) is 19.1. The molecule has 0 spiro atoms. The second-order valence-electron chi connectivity index (χ2n) is 9.37. The number of aromatic nitrogens is 2. The number of urea groups is 1. The number of carbonyl (C=O) groups excluding carboxylic acids is 2. The summed E-state index contributed by atoms with van der Waals surface area (Å²) < 4.78 is 28.2. The standard InChI is InChI=1S/C22H31F2N5O2/c1-8-28(20(31)25-14-9-10-15(23)16(24)11-14)13-19(30)26-18-12-17(21(2,3)4)27-29(18)22(5,6)7/h9-12H,8,13H2,1-7H3,(H,25,31)(H,26,30). The number of likely N-dealkylation sites (N-methyl/N-ethyl adjacent to an activating group) is 1. The van der Waals surface area contributed by atoms with Gasteiger partial charge in [-0.05, 0) is 39.8 Å². The van der Waals surface area contributed by atoms with Gasteiger partial charge >= 0.3 is 6.03 Å². The van der Waals surface area contributed by atoms with Crippen molar-refractivity contribution in [2.24, 2.45) is 0 Å². The number of hydrogen-bond donors (Lipinski definition) is 2. The maximum absolute atomic E-state index is 13.4. The molecule has 2 rings (SSSR count). The summed E-state index contributed by atoms with van der Waals surface area (Å²) in [6.07, 6.45) is 0. The Kier molecular flexibility index (Phi) is 7.08. The lowest BCUT2D eigenvalue weighted by molar-refractivity contribution is -0.116. The van der Waals surface area contributed by atoms with E-state index in [1.54, 1.807) is 11.6 Å². The number of carbonyl (C=O) groups is 2. The van der Waals surface area contributed by atoms with Crippen molar-refractivity contribution in [3.8, 4) is 0 Å². The quantitative estimate of drug-likeness (QED) is 0.714. The van der Waals surface area contributed by atoms with E-state index < -0.39 is 23.6 Å². The number of halogens is 2. The van der Waals surface area contributed by atoms with Crippen LogP contribution in [-0.4, -0.2) is 39.7 Å². The normalized spacial score (nSPS) is 11.9. The first kappa shape index (κ1) is 24.3. The fourth-order valence-corrected chi connectivity index (χ4v) is 2.81. The lowest BCUT2D eigenvalue weighted by Gasteiger charge is -2.24. The fraction of sp³-hybridized carbons (Fsp3) is 0.500. The van der Waals surface area contributed by atoms with Gasteiger partial charge in [0.1, 0.15) is 12.4 Å². The number of hydrogen-bond acceptors (Lipinski definition) is 3. The average Bonchev–Trinajstić information content (AvgIpc) is 3.07. The van der Waals surface area contributed by atoms with Gasteiger partial charge in [-0.25, -0.2) is 18.3 Å². The van der Waals surface area contributed by atoms with Crippen molar-refractivity contribution in [2.75, 3.05) is 23.7 Å². The summed E-state index contributed by atoms with van der Waals surface area (Å²) in [4.78, 5) is 26.4. The maximum atomic E-state index is 13.4. The van der Waals surface area contributed by atoms with E-state index in [1.807, 2.05) is 47.6 Å². The van der Waals surface area contributed by atoms with E-state index in [4.69, 9.17) is 0 Å². The fourth-order valence-electron chi connectivity index (χ4n) is 2.81. The topological polar surface area (TPSA) is 79.3 Å². The van der Waals surface area contributed by atoms with Gasteiger partial charge in [-0.3, -0.25) is 4.79 Å². The van der Waals surface area contributed by atoms with E-state index in [9.17, 15) is 18.4 Å². The van der Waals surface area contributed by atoms with Crippen LogP contribution in [0.1, 0.15) is 54.2 Å². The van der Waals surface area contributed by atoms with Gasteiger partial charge in [-0.2, -0.15) is 5.10 Å². The lowest BCUT2D eigenvalue weighted by atomic mass is 9.92. The lowest BCUT2D eigenvalue weighted by Crippen LogP contribution is -2.41. The van der Waals surface area contributed by atoms with E-state index in [2.05, 4.69) is 15.7 Å². The van der Waals surface area contributed by atoms with Crippen molar-refractivity contribution >= 4 is 23.4 Å². The summed E-state index contributed by atoms with van der Waals surface area (Å²) >= 11 is 0. The van der Waals surface area contributed by atoms with Crippen LogP contribution in [0.4, 0.5) is 25.1 Å². The molecule has 170 valence electrons. The minimum Gasteiger partial charge on any atom is -0.315 e. The summed E-state index contributed by atoms with van der Waals surface area (Å²) in [5.41, 5.74) is 0.376. The number of nitrogens with one attached hydrogen (secondary N) is 2. The van der Waals surface area contributed by atoms with Crippen molar-refractivity contribution in [1.29, 1.82) is 0 Å². The molecule has 0 saturated heterocycles. The molecule has 1 aromatic carbocycles. The Labute approximate surface area is 181 Å². The number of rotatable bonds is 5. The Bertz CT molecular complexity index is 958. The molecule has 0 aliphatic rings. The van der Waals surface area contributed by atoms with Crippen molar-refractivity contribution in [3.05, 3.63) is 41.6 Å². The number of nitrogens with zero attached hydrogens (tertiary/aromatic N) is 3. The second kappa shape index (κ2) is 9.03. The maximum Gasteiger partial charge on any atom is 0.322 e. The Morgan fingerprint density at radius 1 is 1.03 bits per heavy atom. The van der Waals surface area contributed by atoms with Crippen molar-refractivity contribution in [1.82, 2.24) is 14.7 Å². The van der Waals surface area contributed by atoms with Crippen molar-refractivity contribution in [3.63, 3.8) is 0 Å². The van der Waals surface area contributed by atoms with E-state index in [-0.39, 0.29) is 29.7 Å². The van der Waals surface area contributed by atoms with Crippen molar-refractivity contribution in [2.45, 2.75) is 59.4 Å². The van der Waals surface area contributed by atoms with Gasteiger partial charge in [0.05, 0.1) is 11.2 Å². The monoisotopic (exact) mass is 435 g/mol. The Morgan fingerprint density at radius 3 is 2.19 bits per heavy atom. The van der Waals surface area contributed by atoms with Crippen LogP contribution in [0.15, 0.2) is 24.3 Å². The molecule has 0 bridgehead atoms. The molecule has 0 unspecified atom stereocenters. The summed E-state index contributed by atoms with van der Waals surface area (Å²) in [5, 5.41) is 9.97. The average molecular weight is 436 g/mol. The highest BCUT2D eigenvalue weighted by molar-refractivity contribution is 5.96. The predicted octanol–water partition coefficient (Wildman–Crippen LogP) is 4.71. The third kappa shape index (κ3) is 6.26. The Balaban J connectivity index is 2.13. The molecular formula is C22H31F2N5O2. The molecule has 2 aromatic rings. The third-order valence-electron chi connectivity index (χ3n) is 4.55. The van der Waals surface area contributed by atoms with Crippen LogP contribution in [0, 0.1) is 11.6 Å². The van der Waals surface area contributed by atoms with Gasteiger partial charge < -0.3 is 15.5 Å². The number of amides is 3. The molecule has 1 heterocycles. The minimum absolute atomic E-state index is 0.100. The van der Waals surface area contributed by atoms with E-state index in [0.29, 0.717) is 5.82 Å². The smallest absolute Gasteiger partial charge is 0.315 e. The van der Waals surface area contributed by atoms with Crippen molar-refractivity contribution < 1.29 is 18.4 Å². The summed E-state index contributed by atoms with van der Waals surface area (Å²) in [6.45, 7) is 13.8. The summed E-state index contributed by atoms with van der Waals surface area (Å²) in [7, 11) is 0. The van der Waals surface area contributed by atoms with Gasteiger partial charge in [-0.1, -0.05) is 20.8 Å². The SMILES string of the molecule is CCN(CC(=O)Nc1cc(C(C)(C)C)nn1C(C)(C)C)C(=O)Nc1ccc(F)c(F)c1. The van der Waals surface area contributed by atoms with Crippen LogP contribution < -0.4 is 10.6 Å². The zero-order valence-electron chi connectivity index (χ0n) is 19.1. The van der Waals surface area contributed by atoms with E-state index >= 15 is 0 Å². The van der Waals surface area contributed by atoms with E-state index in [0.717, 1.165) is 17.8 Å². The molecule has 3 amide bonds. The molecule has 0 aliphatic carbocycles. The molecule has 1 aromatic heterocycles. The molecule has 0 atom stereocenters. The number of benzene rings is 1. The molecule has 9 heteroatoms. The highest BCUT2D eigenvalue weighted by atomic mass is 19.2. The molecule has 31 heavy (non-hydrogen) atoms. The minimum atomic E-state index is -1.07. The van der Waals surface area contributed by atoms with Gasteiger partial charge in [-0.15, -0.1) is 0 Å². The van der Waals surface area contributed by atoms with Gasteiger partial charge in [0.2, 0.25) is 5.91 Å². The second-order valence-corrected chi connectivity index (χ2v) is 9.37. The predicted molar refractivity (Wildman–Crippen MR) is 117 cm³/mol. The molecule has 0 radical (unpaired) electrons. The molecule has 2 N–H and O–H groups in total.